The van der Waals surface area contributed by atoms with E-state index in [1.165, 1.54) is 0 Å². The summed E-state index contributed by atoms with van der Waals surface area (Å²) in [6.45, 7) is 4.17. The van der Waals surface area contributed by atoms with Gasteiger partial charge in [-0.05, 0) is 18.2 Å². The zero-order valence-corrected chi connectivity index (χ0v) is 11.4. The van der Waals surface area contributed by atoms with Crippen LogP contribution in [0.3, 0.4) is 0 Å². The number of ether oxygens (including phenoxy) is 2. The maximum Gasteiger partial charge on any atom is 0.176 e. The third kappa shape index (κ3) is 3.45. The van der Waals surface area contributed by atoms with Crippen molar-refractivity contribution in [3.63, 3.8) is 0 Å². The Morgan fingerprint density at radius 3 is 2.53 bits per heavy atom. The van der Waals surface area contributed by atoms with E-state index in [0.29, 0.717) is 23.6 Å². The molecule has 1 aliphatic heterocycles. The number of carbonyl (C=O) groups excluding carboxylic acids is 1. The fourth-order valence-electron chi connectivity index (χ4n) is 2.17. The molecule has 104 valence electrons. The summed E-state index contributed by atoms with van der Waals surface area (Å²) in [6.07, 6.45) is 0. The summed E-state index contributed by atoms with van der Waals surface area (Å²) in [7, 11) is 3.16. The van der Waals surface area contributed by atoms with Gasteiger partial charge in [-0.15, -0.1) is 0 Å². The Morgan fingerprint density at radius 2 is 1.89 bits per heavy atom. The van der Waals surface area contributed by atoms with E-state index in [1.54, 1.807) is 32.4 Å². The third-order valence-corrected chi connectivity index (χ3v) is 3.28. The van der Waals surface area contributed by atoms with E-state index in [-0.39, 0.29) is 5.78 Å². The largest absolute Gasteiger partial charge is 0.493 e. The van der Waals surface area contributed by atoms with Crippen LogP contribution in [0.25, 0.3) is 0 Å². The number of Topliss-reactive ketones (excluding diaryl/α,β-unsaturated/α-hetero) is 1. The van der Waals surface area contributed by atoms with Gasteiger partial charge in [-0.1, -0.05) is 0 Å². The lowest BCUT2D eigenvalue weighted by Gasteiger charge is -2.26. The zero-order valence-electron chi connectivity index (χ0n) is 11.4. The minimum Gasteiger partial charge on any atom is -0.493 e. The maximum absolute atomic E-state index is 12.2. The van der Waals surface area contributed by atoms with Crippen molar-refractivity contribution in [1.82, 2.24) is 10.2 Å². The van der Waals surface area contributed by atoms with Crippen LogP contribution in [0.4, 0.5) is 0 Å². The number of piperazine rings is 1. The average molecular weight is 264 g/mol. The Morgan fingerprint density at radius 1 is 1.21 bits per heavy atom. The van der Waals surface area contributed by atoms with E-state index in [9.17, 15) is 4.79 Å². The smallest absolute Gasteiger partial charge is 0.176 e. The first kappa shape index (κ1) is 13.8. The number of hydrogen-bond acceptors (Lipinski definition) is 5. The molecule has 0 bridgehead atoms. The molecule has 1 fully saturated rings. The van der Waals surface area contributed by atoms with Crippen LogP contribution in [0.2, 0.25) is 0 Å². The second kappa shape index (κ2) is 6.54. The van der Waals surface area contributed by atoms with Crippen molar-refractivity contribution in [2.75, 3.05) is 46.9 Å². The van der Waals surface area contributed by atoms with Crippen molar-refractivity contribution in [2.45, 2.75) is 0 Å². The van der Waals surface area contributed by atoms with E-state index in [0.717, 1.165) is 26.2 Å². The van der Waals surface area contributed by atoms with Crippen LogP contribution in [0, 0.1) is 0 Å². The number of hydrogen-bond donors (Lipinski definition) is 1. The molecule has 0 amide bonds. The van der Waals surface area contributed by atoms with Crippen LogP contribution in [-0.4, -0.2) is 57.6 Å². The van der Waals surface area contributed by atoms with Gasteiger partial charge in [0.2, 0.25) is 0 Å². The molecule has 1 aromatic carbocycles. The minimum atomic E-state index is 0.114. The highest BCUT2D eigenvalue weighted by Crippen LogP contribution is 2.27. The van der Waals surface area contributed by atoms with Crippen molar-refractivity contribution < 1.29 is 14.3 Å². The van der Waals surface area contributed by atoms with Gasteiger partial charge in [0.25, 0.3) is 0 Å². The Bertz CT molecular complexity index is 442. The Labute approximate surface area is 113 Å². The Hall–Kier alpha value is -1.59. The molecule has 1 saturated heterocycles. The van der Waals surface area contributed by atoms with Crippen LogP contribution < -0.4 is 14.8 Å². The summed E-state index contributed by atoms with van der Waals surface area (Å²) in [6, 6.07) is 5.29. The molecule has 0 aliphatic carbocycles. The fourth-order valence-corrected chi connectivity index (χ4v) is 2.17. The molecule has 2 rings (SSSR count). The first-order chi connectivity index (χ1) is 9.24. The quantitative estimate of drug-likeness (QED) is 0.797. The lowest BCUT2D eigenvalue weighted by Crippen LogP contribution is -2.45. The first-order valence-electron chi connectivity index (χ1n) is 6.43. The molecule has 1 aromatic rings. The molecule has 1 N–H and O–H groups in total. The average Bonchev–Trinajstić information content (AvgIpc) is 2.47. The van der Waals surface area contributed by atoms with E-state index in [1.807, 2.05) is 0 Å². The molecule has 0 saturated carbocycles. The SMILES string of the molecule is COc1ccc(C(=O)CN2CCNCC2)cc1OC. The minimum absolute atomic E-state index is 0.114. The van der Waals surface area contributed by atoms with Crippen molar-refractivity contribution in [3.8, 4) is 11.5 Å². The van der Waals surface area contributed by atoms with Crippen LogP contribution in [-0.2, 0) is 0 Å². The molecule has 19 heavy (non-hydrogen) atoms. The molecule has 0 spiro atoms. The van der Waals surface area contributed by atoms with Crippen LogP contribution in [0.1, 0.15) is 10.4 Å². The molecule has 1 heterocycles. The van der Waals surface area contributed by atoms with Gasteiger partial charge in [0.05, 0.1) is 20.8 Å². The van der Waals surface area contributed by atoms with Crippen LogP contribution in [0.15, 0.2) is 18.2 Å². The molecule has 0 atom stereocenters. The normalized spacial score (nSPS) is 16.1. The predicted molar refractivity (Wildman–Crippen MR) is 73.2 cm³/mol. The summed E-state index contributed by atoms with van der Waals surface area (Å²) in [5.74, 6) is 1.35. The van der Waals surface area contributed by atoms with Gasteiger partial charge >= 0.3 is 0 Å². The van der Waals surface area contributed by atoms with E-state index >= 15 is 0 Å². The van der Waals surface area contributed by atoms with Gasteiger partial charge in [0.15, 0.2) is 17.3 Å². The Kier molecular flexibility index (Phi) is 4.76. The van der Waals surface area contributed by atoms with Crippen molar-refractivity contribution in [1.29, 1.82) is 0 Å². The van der Waals surface area contributed by atoms with Gasteiger partial charge < -0.3 is 14.8 Å². The lowest BCUT2D eigenvalue weighted by molar-refractivity contribution is 0.0921. The number of carbonyl (C=O) groups is 1. The number of ketones is 1. The standard InChI is InChI=1S/C14H20N2O3/c1-18-13-4-3-11(9-14(13)19-2)12(17)10-16-7-5-15-6-8-16/h3-4,9,15H,5-8,10H2,1-2H3. The lowest BCUT2D eigenvalue weighted by atomic mass is 10.1. The fraction of sp³-hybridized carbons (Fsp3) is 0.500. The summed E-state index contributed by atoms with van der Waals surface area (Å²) < 4.78 is 10.4. The van der Waals surface area contributed by atoms with Crippen LogP contribution >= 0.6 is 0 Å². The van der Waals surface area contributed by atoms with Crippen LogP contribution in [0.5, 0.6) is 11.5 Å². The van der Waals surface area contributed by atoms with E-state index in [2.05, 4.69) is 10.2 Å². The van der Waals surface area contributed by atoms with Gasteiger partial charge in [-0.2, -0.15) is 0 Å². The van der Waals surface area contributed by atoms with E-state index < -0.39 is 0 Å². The first-order valence-corrected chi connectivity index (χ1v) is 6.43. The van der Waals surface area contributed by atoms with Gasteiger partial charge in [0, 0.05) is 31.7 Å². The van der Waals surface area contributed by atoms with Crippen molar-refractivity contribution in [2.24, 2.45) is 0 Å². The number of benzene rings is 1. The monoisotopic (exact) mass is 264 g/mol. The molecule has 0 unspecified atom stereocenters. The Balaban J connectivity index is 2.05. The van der Waals surface area contributed by atoms with E-state index in [4.69, 9.17) is 9.47 Å². The highest BCUT2D eigenvalue weighted by Gasteiger charge is 2.16. The molecular weight excluding hydrogens is 244 g/mol. The second-order valence-electron chi connectivity index (χ2n) is 4.52. The molecule has 1 aliphatic rings. The summed E-state index contributed by atoms with van der Waals surface area (Å²) in [5.41, 5.74) is 0.663. The molecule has 5 nitrogen and oxygen atoms in total. The van der Waals surface area contributed by atoms with Gasteiger partial charge in [-0.25, -0.2) is 0 Å². The predicted octanol–water partition coefficient (Wildman–Crippen LogP) is 0.792. The zero-order chi connectivity index (χ0) is 13.7. The number of nitrogens with zero attached hydrogens (tertiary/aromatic N) is 1. The molecule has 0 radical (unpaired) electrons. The molecule has 0 aromatic heterocycles. The third-order valence-electron chi connectivity index (χ3n) is 3.28. The molecule has 5 heteroatoms. The maximum atomic E-state index is 12.2. The summed E-state index contributed by atoms with van der Waals surface area (Å²) in [4.78, 5) is 14.4. The summed E-state index contributed by atoms with van der Waals surface area (Å²) in [5, 5.41) is 3.27. The highest BCUT2D eigenvalue weighted by atomic mass is 16.5. The van der Waals surface area contributed by atoms with Gasteiger partial charge in [-0.3, -0.25) is 9.69 Å². The van der Waals surface area contributed by atoms with Crippen molar-refractivity contribution in [3.05, 3.63) is 23.8 Å². The summed E-state index contributed by atoms with van der Waals surface area (Å²) >= 11 is 0. The van der Waals surface area contributed by atoms with Gasteiger partial charge in [0.1, 0.15) is 0 Å². The highest BCUT2D eigenvalue weighted by molar-refractivity contribution is 5.98. The second-order valence-corrected chi connectivity index (χ2v) is 4.52. The molecular formula is C14H20N2O3. The number of rotatable bonds is 5. The number of methoxy groups -OCH3 is 2. The number of nitrogens with one attached hydrogen (secondary N) is 1. The topological polar surface area (TPSA) is 50.8 Å². The van der Waals surface area contributed by atoms with Crippen molar-refractivity contribution >= 4 is 5.78 Å².